The smallest absolute Gasteiger partial charge is 0.338 e. The first-order valence-electron chi connectivity index (χ1n) is 7.28. The van der Waals surface area contributed by atoms with Crippen LogP contribution in [0, 0.1) is 0 Å². The highest BCUT2D eigenvalue weighted by Gasteiger charge is 2.13. The molecule has 3 rings (SSSR count). The van der Waals surface area contributed by atoms with Crippen molar-refractivity contribution in [1.82, 2.24) is 9.63 Å². The molecule has 0 fully saturated rings. The molecule has 0 unspecified atom stereocenters. The number of rotatable bonds is 3. The molecule has 1 aromatic heterocycles. The summed E-state index contributed by atoms with van der Waals surface area (Å²) in [5, 5.41) is 11.8. The van der Waals surface area contributed by atoms with E-state index in [4.69, 9.17) is 5.73 Å². The van der Waals surface area contributed by atoms with Gasteiger partial charge >= 0.3 is 6.03 Å². The van der Waals surface area contributed by atoms with Crippen molar-refractivity contribution in [2.75, 3.05) is 6.54 Å². The van der Waals surface area contributed by atoms with Gasteiger partial charge in [-0.25, -0.2) is 9.86 Å². The van der Waals surface area contributed by atoms with E-state index in [0.29, 0.717) is 11.5 Å². The summed E-state index contributed by atoms with van der Waals surface area (Å²) in [6.45, 7) is 1.66. The molecule has 2 amide bonds. The third-order valence-electron chi connectivity index (χ3n) is 3.92. The van der Waals surface area contributed by atoms with Gasteiger partial charge in [0, 0.05) is 17.7 Å². The third-order valence-corrected chi connectivity index (χ3v) is 3.92. The van der Waals surface area contributed by atoms with Gasteiger partial charge in [0.1, 0.15) is 0 Å². The van der Waals surface area contributed by atoms with Crippen molar-refractivity contribution in [1.29, 1.82) is 0 Å². The predicted octanol–water partition coefficient (Wildman–Crippen LogP) is 2.77. The predicted molar refractivity (Wildman–Crippen MR) is 87.5 cm³/mol. The van der Waals surface area contributed by atoms with E-state index >= 15 is 0 Å². The highest BCUT2D eigenvalue weighted by Crippen LogP contribution is 2.29. The van der Waals surface area contributed by atoms with Gasteiger partial charge in [-0.05, 0) is 30.2 Å². The lowest BCUT2D eigenvalue weighted by atomic mass is 10.1. The van der Waals surface area contributed by atoms with E-state index in [1.807, 2.05) is 42.5 Å². The molecule has 0 bridgehead atoms. The number of hydroxylamine groups is 2. The van der Waals surface area contributed by atoms with Crippen molar-refractivity contribution in [3.05, 3.63) is 48.0 Å². The van der Waals surface area contributed by atoms with Crippen LogP contribution in [0.15, 0.2) is 42.5 Å². The zero-order chi connectivity index (χ0) is 16.6. The molecule has 0 radical (unpaired) electrons. The number of fused-ring (bicyclic) bond motifs is 3. The van der Waals surface area contributed by atoms with Gasteiger partial charge in [0.15, 0.2) is 0 Å². The molecule has 0 spiro atoms. The van der Waals surface area contributed by atoms with Crippen LogP contribution in [0.2, 0.25) is 0 Å². The van der Waals surface area contributed by atoms with E-state index in [1.165, 1.54) is 6.92 Å². The fraction of sp³-hybridized carbons (Fsp3) is 0.176. The monoisotopic (exact) mass is 311 g/mol. The van der Waals surface area contributed by atoms with Crippen LogP contribution >= 0.6 is 0 Å². The van der Waals surface area contributed by atoms with Gasteiger partial charge in [-0.3, -0.25) is 14.6 Å². The summed E-state index contributed by atoms with van der Waals surface area (Å²) in [4.78, 5) is 22.8. The molecule has 0 saturated heterocycles. The highest BCUT2D eigenvalue weighted by molar-refractivity contribution is 6.13. The van der Waals surface area contributed by atoms with E-state index < -0.39 is 6.03 Å². The largest absolute Gasteiger partial charge is 0.350 e. The first-order valence-corrected chi connectivity index (χ1v) is 7.28. The zero-order valence-electron chi connectivity index (χ0n) is 12.7. The van der Waals surface area contributed by atoms with Crippen molar-refractivity contribution < 1.29 is 14.8 Å². The van der Waals surface area contributed by atoms with Gasteiger partial charge in [0.2, 0.25) is 5.91 Å². The molecule has 3 aromatic rings. The third kappa shape index (κ3) is 2.64. The molecular weight excluding hydrogens is 294 g/mol. The average Bonchev–Trinajstić information content (AvgIpc) is 2.86. The lowest BCUT2D eigenvalue weighted by molar-refractivity contribution is -0.0382. The van der Waals surface area contributed by atoms with Gasteiger partial charge in [0.25, 0.3) is 0 Å². The molecule has 0 saturated carbocycles. The van der Waals surface area contributed by atoms with Crippen LogP contribution < -0.4 is 5.73 Å². The van der Waals surface area contributed by atoms with E-state index in [0.717, 1.165) is 27.4 Å². The molecule has 118 valence electrons. The zero-order valence-corrected chi connectivity index (χ0v) is 12.7. The maximum atomic E-state index is 12.0. The summed E-state index contributed by atoms with van der Waals surface area (Å²) >= 11 is 0. The SMILES string of the molecule is CC(=O)n1c2ccccc2c2cc(CCN(O)C(N)=O)ccc21. The molecule has 3 N–H and O–H groups in total. The minimum absolute atomic E-state index is 0.0424. The summed E-state index contributed by atoms with van der Waals surface area (Å²) in [6.07, 6.45) is 0.467. The number of urea groups is 1. The fourth-order valence-electron chi connectivity index (χ4n) is 2.86. The lowest BCUT2D eigenvalue weighted by Crippen LogP contribution is -2.34. The number of nitrogens with zero attached hydrogens (tertiary/aromatic N) is 2. The van der Waals surface area contributed by atoms with Crippen LogP contribution in [0.5, 0.6) is 0 Å². The van der Waals surface area contributed by atoms with Crippen molar-refractivity contribution in [2.45, 2.75) is 13.3 Å². The Balaban J connectivity index is 2.08. The number of para-hydroxylation sites is 1. The Labute approximate surface area is 132 Å². The lowest BCUT2D eigenvalue weighted by Gasteiger charge is -2.11. The summed E-state index contributed by atoms with van der Waals surface area (Å²) < 4.78 is 1.69. The van der Waals surface area contributed by atoms with Gasteiger partial charge in [-0.2, -0.15) is 0 Å². The number of primary amides is 1. The van der Waals surface area contributed by atoms with Crippen molar-refractivity contribution in [3.8, 4) is 0 Å². The molecule has 0 aliphatic rings. The number of carbonyl (C=O) groups is 2. The molecule has 6 heteroatoms. The van der Waals surface area contributed by atoms with Crippen molar-refractivity contribution >= 4 is 33.7 Å². The molecule has 6 nitrogen and oxygen atoms in total. The first-order chi connectivity index (χ1) is 11.0. The standard InChI is InChI=1S/C17H17N3O3/c1-11(21)20-15-5-3-2-4-13(15)14-10-12(6-7-16(14)20)8-9-19(23)17(18)22/h2-7,10,23H,8-9H2,1H3,(H2,18,22). The van der Waals surface area contributed by atoms with Gasteiger partial charge in [-0.1, -0.05) is 24.3 Å². The van der Waals surface area contributed by atoms with Gasteiger partial charge in [-0.15, -0.1) is 0 Å². The molecule has 23 heavy (non-hydrogen) atoms. The van der Waals surface area contributed by atoms with E-state index in [-0.39, 0.29) is 12.5 Å². The summed E-state index contributed by atoms with van der Waals surface area (Å²) in [7, 11) is 0. The van der Waals surface area contributed by atoms with Crippen LogP contribution in [-0.4, -0.2) is 33.3 Å². The Morgan fingerprint density at radius 1 is 1.13 bits per heavy atom. The number of hydrogen-bond donors (Lipinski definition) is 2. The Morgan fingerprint density at radius 3 is 2.52 bits per heavy atom. The van der Waals surface area contributed by atoms with Crippen molar-refractivity contribution in [2.24, 2.45) is 5.73 Å². The normalized spacial score (nSPS) is 11.0. The van der Waals surface area contributed by atoms with Crippen LogP contribution in [0.3, 0.4) is 0 Å². The fourth-order valence-corrected chi connectivity index (χ4v) is 2.86. The number of benzene rings is 2. The van der Waals surface area contributed by atoms with Crippen LogP contribution in [0.25, 0.3) is 21.8 Å². The van der Waals surface area contributed by atoms with Gasteiger partial charge < -0.3 is 5.73 Å². The molecule has 2 aromatic carbocycles. The number of carbonyl (C=O) groups excluding carboxylic acids is 2. The Morgan fingerprint density at radius 2 is 1.83 bits per heavy atom. The van der Waals surface area contributed by atoms with Crippen molar-refractivity contribution in [3.63, 3.8) is 0 Å². The number of amides is 2. The second-order valence-corrected chi connectivity index (χ2v) is 5.43. The maximum absolute atomic E-state index is 12.0. The second kappa shape index (κ2) is 5.73. The molecule has 0 aliphatic heterocycles. The van der Waals surface area contributed by atoms with Crippen LogP contribution in [0.1, 0.15) is 17.3 Å². The minimum atomic E-state index is -0.876. The summed E-state index contributed by atoms with van der Waals surface area (Å²) in [5.74, 6) is -0.0424. The molecule has 0 atom stereocenters. The molecule has 0 aliphatic carbocycles. The average molecular weight is 311 g/mol. The van der Waals surface area contributed by atoms with Crippen LogP contribution in [-0.2, 0) is 6.42 Å². The highest BCUT2D eigenvalue weighted by atomic mass is 16.5. The van der Waals surface area contributed by atoms with E-state index in [2.05, 4.69) is 0 Å². The van der Waals surface area contributed by atoms with Crippen LogP contribution in [0.4, 0.5) is 4.79 Å². The summed E-state index contributed by atoms with van der Waals surface area (Å²) in [6, 6.07) is 12.6. The Bertz CT molecular complexity index is 914. The topological polar surface area (TPSA) is 88.6 Å². The van der Waals surface area contributed by atoms with Gasteiger partial charge in [0.05, 0.1) is 17.6 Å². The first kappa shape index (κ1) is 15.1. The molecule has 1 heterocycles. The molecular formula is C17H17N3O3. The summed E-state index contributed by atoms with van der Waals surface area (Å²) in [5.41, 5.74) is 7.66. The second-order valence-electron chi connectivity index (χ2n) is 5.43. The number of aromatic nitrogens is 1. The number of nitrogens with two attached hydrogens (primary N) is 1. The van der Waals surface area contributed by atoms with E-state index in [9.17, 15) is 14.8 Å². The minimum Gasteiger partial charge on any atom is -0.350 e. The maximum Gasteiger partial charge on any atom is 0.338 e. The Kier molecular flexibility index (Phi) is 3.75. The van der Waals surface area contributed by atoms with E-state index in [1.54, 1.807) is 4.57 Å². The number of hydrogen-bond acceptors (Lipinski definition) is 3. The Hall–Kier alpha value is -2.86. The quantitative estimate of drug-likeness (QED) is 0.576.